The Balaban J connectivity index is 1.79. The lowest BCUT2D eigenvalue weighted by Crippen LogP contribution is -2.51. The average Bonchev–Trinajstić information content (AvgIpc) is 2.66. The van der Waals surface area contributed by atoms with Crippen LogP contribution in [-0.4, -0.2) is 34.2 Å². The number of amides is 1. The van der Waals surface area contributed by atoms with Crippen molar-refractivity contribution in [1.82, 2.24) is 4.90 Å². The van der Waals surface area contributed by atoms with Crippen molar-refractivity contribution in [3.05, 3.63) is 29.8 Å². The first-order valence-electron chi connectivity index (χ1n) is 7.04. The third-order valence-corrected chi connectivity index (χ3v) is 4.55. The molecule has 0 aliphatic carbocycles. The van der Waals surface area contributed by atoms with Gasteiger partial charge in [-0.2, -0.15) is 13.2 Å². The summed E-state index contributed by atoms with van der Waals surface area (Å²) in [6, 6.07) is 6.16. The van der Waals surface area contributed by atoms with Gasteiger partial charge < -0.3 is 10.0 Å². The van der Waals surface area contributed by atoms with Crippen LogP contribution in [0.1, 0.15) is 37.2 Å². The van der Waals surface area contributed by atoms with Crippen LogP contribution in [0.15, 0.2) is 24.3 Å². The quantitative estimate of drug-likeness (QED) is 0.865. The number of phenolic OH excluding ortho intramolecular Hbond substituents is 1. The summed E-state index contributed by atoms with van der Waals surface area (Å²) in [7, 11) is 0. The molecule has 1 aromatic carbocycles. The van der Waals surface area contributed by atoms with Gasteiger partial charge in [0.15, 0.2) is 0 Å². The lowest BCUT2D eigenvalue weighted by Gasteiger charge is -2.39. The third kappa shape index (κ3) is 2.59. The first-order chi connectivity index (χ1) is 9.86. The molecule has 1 amide bonds. The molecule has 114 valence electrons. The molecule has 1 N–H and O–H groups in total. The Morgan fingerprint density at radius 2 is 1.81 bits per heavy atom. The predicted molar refractivity (Wildman–Crippen MR) is 69.8 cm³/mol. The van der Waals surface area contributed by atoms with E-state index >= 15 is 0 Å². The second-order valence-electron chi connectivity index (χ2n) is 5.86. The van der Waals surface area contributed by atoms with Crippen LogP contribution in [0.25, 0.3) is 0 Å². The van der Waals surface area contributed by atoms with Gasteiger partial charge in [-0.1, -0.05) is 12.1 Å². The smallest absolute Gasteiger partial charge is 0.471 e. The summed E-state index contributed by atoms with van der Waals surface area (Å²) in [5, 5.41) is 9.52. The molecule has 2 aliphatic rings. The van der Waals surface area contributed by atoms with Crippen LogP contribution in [0.2, 0.25) is 0 Å². The monoisotopic (exact) mass is 299 g/mol. The zero-order valence-corrected chi connectivity index (χ0v) is 11.3. The van der Waals surface area contributed by atoms with Crippen molar-refractivity contribution < 1.29 is 23.1 Å². The van der Waals surface area contributed by atoms with Crippen molar-refractivity contribution in [1.29, 1.82) is 0 Å². The predicted octanol–water partition coefficient (Wildman–Crippen LogP) is 3.19. The van der Waals surface area contributed by atoms with Crippen LogP contribution in [-0.2, 0) is 4.79 Å². The molecule has 0 aromatic heterocycles. The van der Waals surface area contributed by atoms with Crippen LogP contribution in [0.4, 0.5) is 13.2 Å². The van der Waals surface area contributed by atoms with Crippen molar-refractivity contribution in [2.24, 2.45) is 0 Å². The van der Waals surface area contributed by atoms with Crippen LogP contribution >= 0.6 is 0 Å². The standard InChI is InChI=1S/C15H16F3NO2/c16-15(17,18)14(21)19-11-4-5-12(19)7-10(6-11)9-2-1-3-13(20)8-9/h1-3,8,10-12,20H,4-7H2/t10-,11+,12-. The number of alkyl halides is 3. The van der Waals surface area contributed by atoms with E-state index in [1.807, 2.05) is 6.07 Å². The van der Waals surface area contributed by atoms with Crippen molar-refractivity contribution >= 4 is 5.91 Å². The van der Waals surface area contributed by atoms with Crippen LogP contribution in [0, 0.1) is 0 Å². The molecular weight excluding hydrogens is 283 g/mol. The molecular formula is C15H16F3NO2. The first-order valence-corrected chi connectivity index (χ1v) is 7.04. The highest BCUT2D eigenvalue weighted by Gasteiger charge is 2.51. The summed E-state index contributed by atoms with van der Waals surface area (Å²) in [5.41, 5.74) is 0.936. The first kappa shape index (κ1) is 14.2. The fraction of sp³-hybridized carbons (Fsp3) is 0.533. The molecule has 2 bridgehead atoms. The third-order valence-electron chi connectivity index (χ3n) is 4.55. The van der Waals surface area contributed by atoms with E-state index in [2.05, 4.69) is 0 Å². The van der Waals surface area contributed by atoms with Crippen molar-refractivity contribution in [3.8, 4) is 5.75 Å². The van der Waals surface area contributed by atoms with Crippen LogP contribution in [0.5, 0.6) is 5.75 Å². The van der Waals surface area contributed by atoms with E-state index in [1.165, 1.54) is 0 Å². The summed E-state index contributed by atoms with van der Waals surface area (Å²) in [6.07, 6.45) is -2.48. The topological polar surface area (TPSA) is 40.5 Å². The highest BCUT2D eigenvalue weighted by atomic mass is 19.4. The molecule has 1 aromatic rings. The summed E-state index contributed by atoms with van der Waals surface area (Å²) in [6.45, 7) is 0. The molecule has 2 aliphatic heterocycles. The Hall–Kier alpha value is -1.72. The van der Waals surface area contributed by atoms with E-state index in [1.54, 1.807) is 18.2 Å². The number of phenols is 1. The minimum atomic E-state index is -4.79. The molecule has 2 fully saturated rings. The Kier molecular flexibility index (Phi) is 3.34. The Morgan fingerprint density at radius 1 is 1.19 bits per heavy atom. The van der Waals surface area contributed by atoms with E-state index in [4.69, 9.17) is 0 Å². The lowest BCUT2D eigenvalue weighted by atomic mass is 9.85. The second-order valence-corrected chi connectivity index (χ2v) is 5.86. The fourth-order valence-corrected chi connectivity index (χ4v) is 3.71. The van der Waals surface area contributed by atoms with Gasteiger partial charge in [0.25, 0.3) is 0 Å². The Morgan fingerprint density at radius 3 is 2.33 bits per heavy atom. The maximum absolute atomic E-state index is 12.7. The summed E-state index contributed by atoms with van der Waals surface area (Å²) in [4.78, 5) is 12.6. The molecule has 0 radical (unpaired) electrons. The minimum absolute atomic E-state index is 0.104. The van der Waals surface area contributed by atoms with Crippen molar-refractivity contribution in [2.45, 2.75) is 49.9 Å². The number of rotatable bonds is 1. The van der Waals surface area contributed by atoms with Gasteiger partial charge in [0.05, 0.1) is 0 Å². The normalized spacial score (nSPS) is 28.7. The Labute approximate surface area is 120 Å². The maximum Gasteiger partial charge on any atom is 0.471 e. The molecule has 21 heavy (non-hydrogen) atoms. The fourth-order valence-electron chi connectivity index (χ4n) is 3.71. The van der Waals surface area contributed by atoms with E-state index in [0.29, 0.717) is 25.7 Å². The molecule has 2 saturated heterocycles. The largest absolute Gasteiger partial charge is 0.508 e. The average molecular weight is 299 g/mol. The summed E-state index contributed by atoms with van der Waals surface area (Å²) >= 11 is 0. The van der Waals surface area contributed by atoms with E-state index in [-0.39, 0.29) is 23.8 Å². The number of halogens is 3. The van der Waals surface area contributed by atoms with Gasteiger partial charge in [-0.05, 0) is 49.3 Å². The van der Waals surface area contributed by atoms with E-state index in [9.17, 15) is 23.1 Å². The van der Waals surface area contributed by atoms with Crippen LogP contribution in [0.3, 0.4) is 0 Å². The van der Waals surface area contributed by atoms with Crippen LogP contribution < -0.4 is 0 Å². The van der Waals surface area contributed by atoms with Gasteiger partial charge in [-0.3, -0.25) is 4.79 Å². The van der Waals surface area contributed by atoms with Gasteiger partial charge in [0.1, 0.15) is 5.75 Å². The molecule has 6 heteroatoms. The number of aromatic hydroxyl groups is 1. The Bertz CT molecular complexity index is 544. The zero-order chi connectivity index (χ0) is 15.2. The van der Waals surface area contributed by atoms with Gasteiger partial charge in [0, 0.05) is 12.1 Å². The van der Waals surface area contributed by atoms with E-state index in [0.717, 1.165) is 10.5 Å². The number of hydrogen-bond acceptors (Lipinski definition) is 2. The molecule has 0 unspecified atom stereocenters. The number of fused-ring (bicyclic) bond motifs is 2. The molecule has 3 atom stereocenters. The van der Waals surface area contributed by atoms with Gasteiger partial charge in [-0.15, -0.1) is 0 Å². The molecule has 3 nitrogen and oxygen atoms in total. The molecule has 3 rings (SSSR count). The molecule has 0 saturated carbocycles. The highest BCUT2D eigenvalue weighted by Crippen LogP contribution is 2.44. The van der Waals surface area contributed by atoms with Gasteiger partial charge >= 0.3 is 12.1 Å². The number of carbonyl (C=O) groups excluding carboxylic acids is 1. The number of hydrogen-bond donors (Lipinski definition) is 1. The van der Waals surface area contributed by atoms with E-state index < -0.39 is 12.1 Å². The molecule has 2 heterocycles. The summed E-state index contributed by atoms with van der Waals surface area (Å²) in [5.74, 6) is -1.44. The number of nitrogens with zero attached hydrogens (tertiary/aromatic N) is 1. The lowest BCUT2D eigenvalue weighted by molar-refractivity contribution is -0.190. The summed E-state index contributed by atoms with van der Waals surface area (Å²) < 4.78 is 38.0. The minimum Gasteiger partial charge on any atom is -0.508 e. The number of benzene rings is 1. The van der Waals surface area contributed by atoms with Gasteiger partial charge in [0.2, 0.25) is 0 Å². The number of piperidine rings is 1. The van der Waals surface area contributed by atoms with Gasteiger partial charge in [-0.25, -0.2) is 0 Å². The van der Waals surface area contributed by atoms with Crippen molar-refractivity contribution in [2.75, 3.05) is 0 Å². The highest BCUT2D eigenvalue weighted by molar-refractivity contribution is 5.83. The molecule has 0 spiro atoms. The SMILES string of the molecule is O=C(N1[C@@H]2CC[C@H]1C[C@@H](c1cccc(O)c1)C2)C(F)(F)F. The number of carbonyl (C=O) groups is 1. The maximum atomic E-state index is 12.7. The zero-order valence-electron chi connectivity index (χ0n) is 11.3. The van der Waals surface area contributed by atoms with Crippen molar-refractivity contribution in [3.63, 3.8) is 0 Å². The second kappa shape index (κ2) is 4.93.